The number of hydrogen-bond acceptors (Lipinski definition) is 2. The third-order valence-electron chi connectivity index (χ3n) is 3.39. The Labute approximate surface area is 115 Å². The molecule has 3 heteroatoms. The molecule has 1 aromatic heterocycles. The lowest BCUT2D eigenvalue weighted by Crippen LogP contribution is -2.18. The summed E-state index contributed by atoms with van der Waals surface area (Å²) in [4.78, 5) is 4.79. The van der Waals surface area contributed by atoms with Gasteiger partial charge in [-0.15, -0.1) is 6.58 Å². The molecule has 0 atom stereocenters. The SMILES string of the molecule is C=CCn1c(CCNCC)nc2cc(CC)ccc21. The van der Waals surface area contributed by atoms with Gasteiger partial charge in [0.15, 0.2) is 0 Å². The number of likely N-dealkylation sites (N-methyl/N-ethyl adjacent to an activating group) is 1. The molecule has 0 bridgehead atoms. The highest BCUT2D eigenvalue weighted by Crippen LogP contribution is 2.19. The Bertz CT molecular complexity index is 554. The predicted molar refractivity (Wildman–Crippen MR) is 81.6 cm³/mol. The van der Waals surface area contributed by atoms with Gasteiger partial charge in [0.05, 0.1) is 11.0 Å². The summed E-state index contributed by atoms with van der Waals surface area (Å²) in [6.45, 7) is 10.9. The van der Waals surface area contributed by atoms with Gasteiger partial charge < -0.3 is 9.88 Å². The van der Waals surface area contributed by atoms with Crippen LogP contribution in [-0.4, -0.2) is 22.6 Å². The molecule has 0 fully saturated rings. The van der Waals surface area contributed by atoms with E-state index < -0.39 is 0 Å². The van der Waals surface area contributed by atoms with E-state index in [1.54, 1.807) is 0 Å². The van der Waals surface area contributed by atoms with Gasteiger partial charge in [0.2, 0.25) is 0 Å². The molecule has 1 heterocycles. The molecule has 2 rings (SSSR count). The fraction of sp³-hybridized carbons (Fsp3) is 0.438. The lowest BCUT2D eigenvalue weighted by molar-refractivity contribution is 0.668. The minimum atomic E-state index is 0.823. The van der Waals surface area contributed by atoms with Crippen molar-refractivity contribution in [1.82, 2.24) is 14.9 Å². The number of imidazole rings is 1. The summed E-state index contributed by atoms with van der Waals surface area (Å²) in [5.74, 6) is 1.14. The van der Waals surface area contributed by atoms with Gasteiger partial charge in [-0.05, 0) is 30.7 Å². The van der Waals surface area contributed by atoms with E-state index in [-0.39, 0.29) is 0 Å². The first-order chi connectivity index (χ1) is 9.30. The van der Waals surface area contributed by atoms with E-state index >= 15 is 0 Å². The summed E-state index contributed by atoms with van der Waals surface area (Å²) in [7, 11) is 0. The maximum Gasteiger partial charge on any atom is 0.111 e. The normalized spacial score (nSPS) is 11.1. The van der Waals surface area contributed by atoms with Crippen molar-refractivity contribution in [2.45, 2.75) is 33.2 Å². The fourth-order valence-corrected chi connectivity index (χ4v) is 2.35. The number of hydrogen-bond donors (Lipinski definition) is 1. The summed E-state index contributed by atoms with van der Waals surface area (Å²) in [6.07, 6.45) is 3.94. The molecule has 102 valence electrons. The first kappa shape index (κ1) is 13.8. The lowest BCUT2D eigenvalue weighted by atomic mass is 10.1. The maximum absolute atomic E-state index is 4.79. The molecule has 3 nitrogen and oxygen atoms in total. The molecule has 19 heavy (non-hydrogen) atoms. The van der Waals surface area contributed by atoms with E-state index in [2.05, 4.69) is 48.5 Å². The molecule has 0 spiro atoms. The van der Waals surface area contributed by atoms with Crippen LogP contribution in [0.2, 0.25) is 0 Å². The molecule has 0 aliphatic heterocycles. The Hall–Kier alpha value is -1.61. The summed E-state index contributed by atoms with van der Waals surface area (Å²) >= 11 is 0. The Morgan fingerprint density at radius 3 is 2.89 bits per heavy atom. The number of nitrogens with zero attached hydrogens (tertiary/aromatic N) is 2. The highest BCUT2D eigenvalue weighted by atomic mass is 15.1. The van der Waals surface area contributed by atoms with Crippen molar-refractivity contribution in [2.75, 3.05) is 13.1 Å². The van der Waals surface area contributed by atoms with Crippen LogP contribution < -0.4 is 5.32 Å². The second-order valence-corrected chi connectivity index (χ2v) is 4.71. The molecule has 0 radical (unpaired) electrons. The quantitative estimate of drug-likeness (QED) is 0.610. The van der Waals surface area contributed by atoms with Crippen molar-refractivity contribution in [3.63, 3.8) is 0 Å². The van der Waals surface area contributed by atoms with Crippen LogP contribution in [0.5, 0.6) is 0 Å². The minimum Gasteiger partial charge on any atom is -0.324 e. The summed E-state index contributed by atoms with van der Waals surface area (Å²) in [6, 6.07) is 6.57. The number of fused-ring (bicyclic) bond motifs is 1. The maximum atomic E-state index is 4.79. The van der Waals surface area contributed by atoms with Crippen LogP contribution in [-0.2, 0) is 19.4 Å². The van der Waals surface area contributed by atoms with Crippen LogP contribution in [0.3, 0.4) is 0 Å². The number of aryl methyl sites for hydroxylation is 1. The van der Waals surface area contributed by atoms with E-state index in [4.69, 9.17) is 4.98 Å². The first-order valence-electron chi connectivity index (χ1n) is 7.09. The monoisotopic (exact) mass is 257 g/mol. The van der Waals surface area contributed by atoms with Gasteiger partial charge in [-0.25, -0.2) is 4.98 Å². The van der Waals surface area contributed by atoms with Gasteiger partial charge in [0.25, 0.3) is 0 Å². The highest BCUT2D eigenvalue weighted by Gasteiger charge is 2.09. The van der Waals surface area contributed by atoms with Crippen molar-refractivity contribution in [3.05, 3.63) is 42.2 Å². The van der Waals surface area contributed by atoms with Crippen molar-refractivity contribution < 1.29 is 0 Å². The molecule has 1 aromatic carbocycles. The lowest BCUT2D eigenvalue weighted by Gasteiger charge is -2.06. The zero-order chi connectivity index (χ0) is 13.7. The number of aromatic nitrogens is 2. The van der Waals surface area contributed by atoms with Crippen LogP contribution in [0, 0.1) is 0 Å². The Balaban J connectivity index is 2.37. The molecular weight excluding hydrogens is 234 g/mol. The average Bonchev–Trinajstić information content (AvgIpc) is 2.77. The number of benzene rings is 1. The largest absolute Gasteiger partial charge is 0.324 e. The zero-order valence-corrected chi connectivity index (χ0v) is 11.9. The summed E-state index contributed by atoms with van der Waals surface area (Å²) in [5, 5.41) is 3.35. The Morgan fingerprint density at radius 1 is 1.37 bits per heavy atom. The minimum absolute atomic E-state index is 0.823. The highest BCUT2D eigenvalue weighted by molar-refractivity contribution is 5.77. The molecular formula is C16H23N3. The fourth-order valence-electron chi connectivity index (χ4n) is 2.35. The standard InChI is InChI=1S/C16H23N3/c1-4-11-19-15-8-7-13(5-2)12-14(15)18-16(19)9-10-17-6-3/h4,7-8,12,17H,1,5-6,9-11H2,2-3H3. The molecule has 0 aliphatic carbocycles. The van der Waals surface area contributed by atoms with Gasteiger partial charge in [-0.2, -0.15) is 0 Å². The van der Waals surface area contributed by atoms with Crippen molar-refractivity contribution >= 4 is 11.0 Å². The van der Waals surface area contributed by atoms with Crippen LogP contribution in [0.1, 0.15) is 25.2 Å². The van der Waals surface area contributed by atoms with E-state index in [0.29, 0.717) is 0 Å². The van der Waals surface area contributed by atoms with Crippen LogP contribution >= 0.6 is 0 Å². The van der Waals surface area contributed by atoms with Crippen LogP contribution in [0.15, 0.2) is 30.9 Å². The predicted octanol–water partition coefficient (Wildman–Crippen LogP) is 2.94. The zero-order valence-electron chi connectivity index (χ0n) is 11.9. The topological polar surface area (TPSA) is 29.9 Å². The van der Waals surface area contributed by atoms with Crippen molar-refractivity contribution in [3.8, 4) is 0 Å². The Kier molecular flexibility index (Phi) is 4.74. The molecule has 0 amide bonds. The van der Waals surface area contributed by atoms with E-state index in [9.17, 15) is 0 Å². The number of nitrogens with one attached hydrogen (secondary N) is 1. The molecule has 0 unspecified atom stereocenters. The van der Waals surface area contributed by atoms with Gasteiger partial charge in [0.1, 0.15) is 5.82 Å². The summed E-state index contributed by atoms with van der Waals surface area (Å²) < 4.78 is 2.26. The second kappa shape index (κ2) is 6.53. The van der Waals surface area contributed by atoms with Crippen molar-refractivity contribution in [2.24, 2.45) is 0 Å². The molecule has 0 saturated carbocycles. The average molecular weight is 257 g/mol. The number of rotatable bonds is 7. The van der Waals surface area contributed by atoms with E-state index in [0.717, 1.165) is 43.8 Å². The van der Waals surface area contributed by atoms with Crippen molar-refractivity contribution in [1.29, 1.82) is 0 Å². The number of allylic oxidation sites excluding steroid dienone is 1. The van der Waals surface area contributed by atoms with Gasteiger partial charge in [-0.1, -0.05) is 26.0 Å². The molecule has 2 aromatic rings. The molecule has 0 saturated heterocycles. The first-order valence-corrected chi connectivity index (χ1v) is 7.09. The molecule has 1 N–H and O–H groups in total. The van der Waals surface area contributed by atoms with Crippen LogP contribution in [0.4, 0.5) is 0 Å². The van der Waals surface area contributed by atoms with Crippen LogP contribution in [0.25, 0.3) is 11.0 Å². The van der Waals surface area contributed by atoms with Gasteiger partial charge in [0, 0.05) is 19.5 Å². The third-order valence-corrected chi connectivity index (χ3v) is 3.39. The third kappa shape index (κ3) is 3.04. The molecule has 0 aliphatic rings. The van der Waals surface area contributed by atoms with E-state index in [1.807, 2.05) is 6.08 Å². The van der Waals surface area contributed by atoms with Gasteiger partial charge in [-0.3, -0.25) is 0 Å². The summed E-state index contributed by atoms with van der Waals surface area (Å²) in [5.41, 5.74) is 3.66. The van der Waals surface area contributed by atoms with E-state index in [1.165, 1.54) is 11.1 Å². The second-order valence-electron chi connectivity index (χ2n) is 4.71. The Morgan fingerprint density at radius 2 is 2.21 bits per heavy atom. The smallest absolute Gasteiger partial charge is 0.111 e. The van der Waals surface area contributed by atoms with Gasteiger partial charge >= 0.3 is 0 Å².